The first kappa shape index (κ1) is 13.3. The highest BCUT2D eigenvalue weighted by Crippen LogP contribution is 2.61. The van der Waals surface area contributed by atoms with E-state index in [1.807, 2.05) is 0 Å². The Kier molecular flexibility index (Phi) is 3.05. The molecule has 2 N–H and O–H groups in total. The minimum absolute atomic E-state index is 0.0818. The van der Waals surface area contributed by atoms with Gasteiger partial charge in [0, 0.05) is 5.92 Å². The third-order valence-corrected chi connectivity index (χ3v) is 7.38. The van der Waals surface area contributed by atoms with Gasteiger partial charge in [-0.25, -0.2) is 0 Å². The third-order valence-electron chi connectivity index (χ3n) is 7.38. The molecule has 4 rings (SSSR count). The molecule has 4 aliphatic rings. The van der Waals surface area contributed by atoms with Gasteiger partial charge in [-0.3, -0.25) is 0 Å². The smallest absolute Gasteiger partial charge is 0.0611 e. The molecule has 3 saturated carbocycles. The average molecular weight is 276 g/mol. The monoisotopic (exact) mass is 276 g/mol. The molecule has 7 atom stereocenters. The standard InChI is InChI=1S/C18H28O2/c1-18-10-9-13-12(14(18)7-8-16(18)20)6-5-11-3-2-4-15(19)17(11)13/h3,12-17,19-20H,2,4-10H2,1H3/t12-,13+,14+,15-,16+,17+,18+/m1/s1. The number of hydrogen-bond acceptors (Lipinski definition) is 2. The maximum atomic E-state index is 10.5. The Hall–Kier alpha value is -0.340. The summed E-state index contributed by atoms with van der Waals surface area (Å²) in [6.45, 7) is 2.33. The summed E-state index contributed by atoms with van der Waals surface area (Å²) in [6.07, 6.45) is 11.4. The van der Waals surface area contributed by atoms with Gasteiger partial charge in [0.2, 0.25) is 0 Å². The molecule has 0 spiro atoms. The van der Waals surface area contributed by atoms with E-state index in [4.69, 9.17) is 0 Å². The summed E-state index contributed by atoms with van der Waals surface area (Å²) in [5.41, 5.74) is 1.73. The van der Waals surface area contributed by atoms with Gasteiger partial charge < -0.3 is 10.2 Å². The van der Waals surface area contributed by atoms with Crippen LogP contribution in [0.15, 0.2) is 11.6 Å². The van der Waals surface area contributed by atoms with Gasteiger partial charge in [-0.1, -0.05) is 18.6 Å². The Morgan fingerprint density at radius 3 is 2.75 bits per heavy atom. The van der Waals surface area contributed by atoms with E-state index in [9.17, 15) is 10.2 Å². The average Bonchev–Trinajstić information content (AvgIpc) is 2.75. The molecule has 0 aromatic carbocycles. The summed E-state index contributed by atoms with van der Waals surface area (Å²) < 4.78 is 0. The fourth-order valence-electron chi connectivity index (χ4n) is 6.32. The molecule has 0 saturated heterocycles. The topological polar surface area (TPSA) is 40.5 Å². The molecule has 2 nitrogen and oxygen atoms in total. The number of rotatable bonds is 0. The van der Waals surface area contributed by atoms with Crippen LogP contribution in [0, 0.1) is 29.1 Å². The lowest BCUT2D eigenvalue weighted by Crippen LogP contribution is -2.49. The number of aliphatic hydroxyl groups is 2. The normalized spacial score (nSPS) is 54.6. The second-order valence-corrected chi connectivity index (χ2v) is 8.06. The zero-order valence-electron chi connectivity index (χ0n) is 12.6. The maximum absolute atomic E-state index is 10.5. The number of hydrogen-bond donors (Lipinski definition) is 2. The molecule has 0 aromatic rings. The Balaban J connectivity index is 1.65. The molecule has 0 heterocycles. The molecule has 0 aromatic heterocycles. The number of allylic oxidation sites excluding steroid dienone is 1. The summed E-state index contributed by atoms with van der Waals surface area (Å²) >= 11 is 0. The van der Waals surface area contributed by atoms with Gasteiger partial charge >= 0.3 is 0 Å². The van der Waals surface area contributed by atoms with E-state index < -0.39 is 0 Å². The zero-order chi connectivity index (χ0) is 13.9. The SMILES string of the molecule is C[C@]12CC[C@H]3[C@@H](CCC4=CCC[C@@H](O)[C@@H]43)[C@@H]1CC[C@@H]2O. The van der Waals surface area contributed by atoms with E-state index in [1.165, 1.54) is 25.7 Å². The van der Waals surface area contributed by atoms with Crippen LogP contribution in [0.5, 0.6) is 0 Å². The van der Waals surface area contributed by atoms with Crippen LogP contribution in [0.3, 0.4) is 0 Å². The first-order valence-electron chi connectivity index (χ1n) is 8.66. The van der Waals surface area contributed by atoms with Crippen molar-refractivity contribution in [2.45, 2.75) is 70.5 Å². The first-order valence-corrected chi connectivity index (χ1v) is 8.66. The van der Waals surface area contributed by atoms with Crippen LogP contribution in [-0.4, -0.2) is 22.4 Å². The number of aliphatic hydroxyl groups excluding tert-OH is 2. The molecule has 0 radical (unpaired) electrons. The summed E-state index contributed by atoms with van der Waals surface area (Å²) in [7, 11) is 0. The molecular formula is C18H28O2. The van der Waals surface area contributed by atoms with Gasteiger partial charge in [0.15, 0.2) is 0 Å². The Labute approximate surface area is 122 Å². The number of fused-ring (bicyclic) bond motifs is 5. The molecule has 2 heteroatoms. The molecule has 0 amide bonds. The van der Waals surface area contributed by atoms with Crippen LogP contribution in [0.2, 0.25) is 0 Å². The highest BCUT2D eigenvalue weighted by molar-refractivity contribution is 5.20. The molecule has 0 unspecified atom stereocenters. The van der Waals surface area contributed by atoms with Crippen LogP contribution >= 0.6 is 0 Å². The van der Waals surface area contributed by atoms with Crippen molar-refractivity contribution in [1.82, 2.24) is 0 Å². The van der Waals surface area contributed by atoms with Crippen LogP contribution in [-0.2, 0) is 0 Å². The predicted molar refractivity (Wildman–Crippen MR) is 79.1 cm³/mol. The fraction of sp³-hybridized carbons (Fsp3) is 0.889. The summed E-state index contributed by atoms with van der Waals surface area (Å²) in [6, 6.07) is 0. The molecule has 112 valence electrons. The van der Waals surface area contributed by atoms with Crippen molar-refractivity contribution in [1.29, 1.82) is 0 Å². The van der Waals surface area contributed by atoms with Crippen molar-refractivity contribution < 1.29 is 10.2 Å². The lowest BCUT2D eigenvalue weighted by Gasteiger charge is -2.54. The van der Waals surface area contributed by atoms with Gasteiger partial charge in [-0.2, -0.15) is 0 Å². The quantitative estimate of drug-likeness (QED) is 0.667. The van der Waals surface area contributed by atoms with E-state index in [2.05, 4.69) is 13.0 Å². The molecular weight excluding hydrogens is 248 g/mol. The van der Waals surface area contributed by atoms with Crippen LogP contribution < -0.4 is 0 Å². The summed E-state index contributed by atoms with van der Waals surface area (Å²) in [4.78, 5) is 0. The van der Waals surface area contributed by atoms with E-state index in [1.54, 1.807) is 5.57 Å². The summed E-state index contributed by atoms with van der Waals surface area (Å²) in [5.74, 6) is 2.59. The van der Waals surface area contributed by atoms with Crippen molar-refractivity contribution in [3.8, 4) is 0 Å². The first-order chi connectivity index (χ1) is 9.61. The van der Waals surface area contributed by atoms with E-state index in [-0.39, 0.29) is 17.6 Å². The summed E-state index contributed by atoms with van der Waals surface area (Å²) in [5, 5.41) is 20.9. The van der Waals surface area contributed by atoms with Gasteiger partial charge in [0.25, 0.3) is 0 Å². The highest BCUT2D eigenvalue weighted by Gasteiger charge is 2.56. The van der Waals surface area contributed by atoms with Crippen molar-refractivity contribution in [3.63, 3.8) is 0 Å². The van der Waals surface area contributed by atoms with E-state index in [0.29, 0.717) is 17.8 Å². The lowest BCUT2D eigenvalue weighted by atomic mass is 9.52. The van der Waals surface area contributed by atoms with Gasteiger partial charge in [0.1, 0.15) is 0 Å². The Morgan fingerprint density at radius 2 is 1.90 bits per heavy atom. The van der Waals surface area contributed by atoms with E-state index >= 15 is 0 Å². The van der Waals surface area contributed by atoms with Crippen molar-refractivity contribution in [2.75, 3.05) is 0 Å². The fourth-order valence-corrected chi connectivity index (χ4v) is 6.32. The van der Waals surface area contributed by atoms with Crippen molar-refractivity contribution >= 4 is 0 Å². The lowest BCUT2D eigenvalue weighted by molar-refractivity contribution is -0.0713. The largest absolute Gasteiger partial charge is 0.393 e. The highest BCUT2D eigenvalue weighted by atomic mass is 16.3. The van der Waals surface area contributed by atoms with Gasteiger partial charge in [0.05, 0.1) is 12.2 Å². The minimum atomic E-state index is -0.0986. The Morgan fingerprint density at radius 1 is 1.05 bits per heavy atom. The van der Waals surface area contributed by atoms with Gasteiger partial charge in [-0.05, 0) is 74.5 Å². The van der Waals surface area contributed by atoms with E-state index in [0.717, 1.165) is 31.6 Å². The minimum Gasteiger partial charge on any atom is -0.393 e. The third kappa shape index (κ3) is 1.70. The maximum Gasteiger partial charge on any atom is 0.0611 e. The van der Waals surface area contributed by atoms with Crippen LogP contribution in [0.4, 0.5) is 0 Å². The van der Waals surface area contributed by atoms with Crippen LogP contribution in [0.25, 0.3) is 0 Å². The molecule has 0 bridgehead atoms. The molecule has 0 aliphatic heterocycles. The second kappa shape index (κ2) is 4.58. The van der Waals surface area contributed by atoms with Crippen LogP contribution in [0.1, 0.15) is 58.3 Å². The van der Waals surface area contributed by atoms with Crippen molar-refractivity contribution in [2.24, 2.45) is 29.1 Å². The molecule has 4 aliphatic carbocycles. The molecule has 3 fully saturated rings. The Bertz CT molecular complexity index is 429. The second-order valence-electron chi connectivity index (χ2n) is 8.06. The van der Waals surface area contributed by atoms with Crippen molar-refractivity contribution in [3.05, 3.63) is 11.6 Å². The predicted octanol–water partition coefficient (Wildman–Crippen LogP) is 3.28. The van der Waals surface area contributed by atoms with Gasteiger partial charge in [-0.15, -0.1) is 0 Å². The zero-order valence-corrected chi connectivity index (χ0v) is 12.6. The molecule has 20 heavy (non-hydrogen) atoms.